The standard InChI is InChI=1S/C6H14O.2C4H6O2/c1-5(2)6(3,4)7;2*1-3(2)4(5)6/h5,7H,1-4H3;2*1H2,2H3,(H,5,6). The molecule has 0 spiro atoms. The summed E-state index contributed by atoms with van der Waals surface area (Å²) in [7, 11) is 0. The summed E-state index contributed by atoms with van der Waals surface area (Å²) in [5.41, 5.74) is -0.148. The molecule has 0 bridgehead atoms. The van der Waals surface area contributed by atoms with Crippen LogP contribution in [-0.2, 0) is 9.59 Å². The fraction of sp³-hybridized carbons (Fsp3) is 0.571. The highest BCUT2D eigenvalue weighted by Gasteiger charge is 2.16. The van der Waals surface area contributed by atoms with Crippen LogP contribution in [0.4, 0.5) is 0 Å². The number of rotatable bonds is 3. The lowest BCUT2D eigenvalue weighted by molar-refractivity contribution is -0.133. The minimum atomic E-state index is -0.935. The van der Waals surface area contributed by atoms with Crippen molar-refractivity contribution in [1.82, 2.24) is 0 Å². The highest BCUT2D eigenvalue weighted by Crippen LogP contribution is 2.12. The Morgan fingerprint density at radius 2 is 1.05 bits per heavy atom. The van der Waals surface area contributed by atoms with Crippen LogP contribution < -0.4 is 0 Å². The van der Waals surface area contributed by atoms with E-state index >= 15 is 0 Å². The maximum Gasteiger partial charge on any atom is 0.330 e. The van der Waals surface area contributed by atoms with Gasteiger partial charge >= 0.3 is 11.9 Å². The van der Waals surface area contributed by atoms with Crippen molar-refractivity contribution >= 4 is 11.9 Å². The third-order valence-electron chi connectivity index (χ3n) is 2.14. The second-order valence-electron chi connectivity index (χ2n) is 4.98. The van der Waals surface area contributed by atoms with E-state index in [1.54, 1.807) is 0 Å². The van der Waals surface area contributed by atoms with Crippen LogP contribution >= 0.6 is 0 Å². The zero-order valence-electron chi connectivity index (χ0n) is 12.6. The lowest BCUT2D eigenvalue weighted by atomic mass is 9.95. The predicted molar refractivity (Wildman–Crippen MR) is 76.0 cm³/mol. The van der Waals surface area contributed by atoms with Crippen molar-refractivity contribution in [1.29, 1.82) is 0 Å². The molecule has 0 aliphatic heterocycles. The molecule has 0 aromatic carbocycles. The summed E-state index contributed by atoms with van der Waals surface area (Å²) in [6.07, 6.45) is 0. The van der Waals surface area contributed by atoms with E-state index < -0.39 is 17.5 Å². The zero-order valence-corrected chi connectivity index (χ0v) is 12.6. The van der Waals surface area contributed by atoms with Crippen molar-refractivity contribution in [2.75, 3.05) is 0 Å². The van der Waals surface area contributed by atoms with E-state index in [1.165, 1.54) is 13.8 Å². The summed E-state index contributed by atoms with van der Waals surface area (Å²) >= 11 is 0. The molecule has 112 valence electrons. The summed E-state index contributed by atoms with van der Waals surface area (Å²) in [6.45, 7) is 16.8. The number of hydrogen-bond donors (Lipinski definition) is 3. The van der Waals surface area contributed by atoms with Gasteiger partial charge in [0.25, 0.3) is 0 Å². The first-order valence-corrected chi connectivity index (χ1v) is 5.73. The van der Waals surface area contributed by atoms with Gasteiger partial charge in [0.15, 0.2) is 0 Å². The minimum Gasteiger partial charge on any atom is -0.478 e. The fourth-order valence-corrected chi connectivity index (χ4v) is 0. The van der Waals surface area contributed by atoms with Crippen LogP contribution in [0.25, 0.3) is 0 Å². The number of aliphatic hydroxyl groups is 1. The lowest BCUT2D eigenvalue weighted by Gasteiger charge is -2.21. The average molecular weight is 274 g/mol. The molecule has 19 heavy (non-hydrogen) atoms. The third kappa shape index (κ3) is 22.1. The van der Waals surface area contributed by atoms with Crippen molar-refractivity contribution in [2.24, 2.45) is 5.92 Å². The highest BCUT2D eigenvalue weighted by molar-refractivity contribution is 5.85. The van der Waals surface area contributed by atoms with Gasteiger partial charge in [-0.2, -0.15) is 0 Å². The third-order valence-corrected chi connectivity index (χ3v) is 2.14. The zero-order chi connectivity index (χ0) is 16.4. The van der Waals surface area contributed by atoms with Gasteiger partial charge in [-0.1, -0.05) is 27.0 Å². The van der Waals surface area contributed by atoms with Gasteiger partial charge in [-0.25, -0.2) is 9.59 Å². The van der Waals surface area contributed by atoms with Crippen LogP contribution in [0.5, 0.6) is 0 Å². The topological polar surface area (TPSA) is 94.8 Å². The van der Waals surface area contributed by atoms with Crippen LogP contribution in [0.15, 0.2) is 24.3 Å². The maximum atomic E-state index is 9.60. The quantitative estimate of drug-likeness (QED) is 0.688. The van der Waals surface area contributed by atoms with E-state index in [1.807, 2.05) is 27.7 Å². The Kier molecular flexibility index (Phi) is 12.2. The largest absolute Gasteiger partial charge is 0.478 e. The summed E-state index contributed by atoms with van der Waals surface area (Å²) in [4.78, 5) is 19.2. The van der Waals surface area contributed by atoms with Crippen molar-refractivity contribution in [3.63, 3.8) is 0 Å². The predicted octanol–water partition coefficient (Wildman–Crippen LogP) is 2.71. The molecule has 0 rings (SSSR count). The molecule has 0 atom stereocenters. The Balaban J connectivity index is -0.000000203. The van der Waals surface area contributed by atoms with Crippen LogP contribution in [0.1, 0.15) is 41.5 Å². The Hall–Kier alpha value is -1.62. The normalized spacial score (nSPS) is 9.47. The van der Waals surface area contributed by atoms with Crippen molar-refractivity contribution in [2.45, 2.75) is 47.1 Å². The van der Waals surface area contributed by atoms with E-state index in [0.717, 1.165) is 0 Å². The van der Waals surface area contributed by atoms with Gasteiger partial charge in [-0.05, 0) is 33.6 Å². The number of carboxylic acids is 2. The molecule has 3 N–H and O–H groups in total. The molecule has 0 aromatic rings. The molecule has 0 unspecified atom stereocenters. The summed E-state index contributed by atoms with van der Waals surface area (Å²) < 4.78 is 0. The van der Waals surface area contributed by atoms with Gasteiger partial charge in [-0.15, -0.1) is 0 Å². The Morgan fingerprint density at radius 3 is 1.05 bits per heavy atom. The molecule has 0 fully saturated rings. The monoisotopic (exact) mass is 274 g/mol. The van der Waals surface area contributed by atoms with E-state index in [-0.39, 0.29) is 11.1 Å². The van der Waals surface area contributed by atoms with Crippen LogP contribution in [-0.4, -0.2) is 32.9 Å². The number of hydrogen-bond acceptors (Lipinski definition) is 3. The molecular formula is C14H26O5. The van der Waals surface area contributed by atoms with Gasteiger partial charge < -0.3 is 15.3 Å². The molecule has 0 amide bonds. The molecule has 0 aliphatic rings. The van der Waals surface area contributed by atoms with Crippen molar-refractivity contribution in [3.8, 4) is 0 Å². The van der Waals surface area contributed by atoms with Crippen LogP contribution in [0.3, 0.4) is 0 Å². The van der Waals surface area contributed by atoms with Crippen molar-refractivity contribution < 1.29 is 24.9 Å². The van der Waals surface area contributed by atoms with Gasteiger partial charge in [0.2, 0.25) is 0 Å². The SMILES string of the molecule is C=C(C)C(=O)O.C=C(C)C(=O)O.CC(C)C(C)(C)O. The summed E-state index contributed by atoms with van der Waals surface area (Å²) in [5.74, 6) is -1.52. The first-order chi connectivity index (χ1) is 8.23. The lowest BCUT2D eigenvalue weighted by Crippen LogP contribution is -2.25. The second-order valence-corrected chi connectivity index (χ2v) is 4.98. The Bertz CT molecular complexity index is 273. The molecule has 0 aromatic heterocycles. The number of carbonyl (C=O) groups is 2. The smallest absolute Gasteiger partial charge is 0.330 e. The van der Waals surface area contributed by atoms with E-state index in [9.17, 15) is 9.59 Å². The number of aliphatic carboxylic acids is 2. The molecule has 5 heteroatoms. The highest BCUT2D eigenvalue weighted by atomic mass is 16.4. The van der Waals surface area contributed by atoms with Crippen LogP contribution in [0.2, 0.25) is 0 Å². The average Bonchev–Trinajstić information content (AvgIpc) is 2.17. The van der Waals surface area contributed by atoms with Gasteiger partial charge in [0.05, 0.1) is 5.60 Å². The molecule has 0 saturated heterocycles. The molecular weight excluding hydrogens is 248 g/mol. The Labute approximate surface area is 115 Å². The minimum absolute atomic E-state index is 0.176. The van der Waals surface area contributed by atoms with E-state index in [2.05, 4.69) is 13.2 Å². The summed E-state index contributed by atoms with van der Waals surface area (Å²) in [6, 6.07) is 0. The van der Waals surface area contributed by atoms with Crippen molar-refractivity contribution in [3.05, 3.63) is 24.3 Å². The Morgan fingerprint density at radius 1 is 0.947 bits per heavy atom. The van der Waals surface area contributed by atoms with E-state index in [4.69, 9.17) is 15.3 Å². The molecule has 0 saturated carbocycles. The molecule has 5 nitrogen and oxygen atoms in total. The van der Waals surface area contributed by atoms with E-state index in [0.29, 0.717) is 5.92 Å². The maximum absolute atomic E-state index is 9.60. The summed E-state index contributed by atoms with van der Waals surface area (Å²) in [5, 5.41) is 24.9. The first kappa shape index (κ1) is 22.6. The first-order valence-electron chi connectivity index (χ1n) is 5.73. The molecule has 0 radical (unpaired) electrons. The molecule has 0 aliphatic carbocycles. The van der Waals surface area contributed by atoms with Gasteiger partial charge in [0, 0.05) is 11.1 Å². The second kappa shape index (κ2) is 10.3. The number of carboxylic acid groups (broad SMARTS) is 2. The van der Waals surface area contributed by atoms with Gasteiger partial charge in [-0.3, -0.25) is 0 Å². The van der Waals surface area contributed by atoms with Gasteiger partial charge in [0.1, 0.15) is 0 Å². The molecule has 0 heterocycles. The fourth-order valence-electron chi connectivity index (χ4n) is 0. The van der Waals surface area contributed by atoms with Crippen LogP contribution in [0, 0.1) is 5.92 Å².